The van der Waals surface area contributed by atoms with Gasteiger partial charge in [0.05, 0.1) is 13.1 Å². The van der Waals surface area contributed by atoms with Crippen molar-refractivity contribution in [2.24, 2.45) is 17.2 Å². The Morgan fingerprint density at radius 2 is 1.67 bits per heavy atom. The number of hydrogen-bond acceptors (Lipinski definition) is 4. The molecular weight excluding hydrogens is 196 g/mol. The van der Waals surface area contributed by atoms with Crippen molar-refractivity contribution in [2.75, 3.05) is 13.1 Å². The Morgan fingerprint density at radius 1 is 1.13 bits per heavy atom. The number of nitrogens with two attached hydrogens (primary N) is 3. The van der Waals surface area contributed by atoms with Crippen LogP contribution in [0.4, 0.5) is 0 Å². The predicted octanol–water partition coefficient (Wildman–Crippen LogP) is -1.86. The van der Waals surface area contributed by atoms with Gasteiger partial charge in [-0.2, -0.15) is 0 Å². The van der Waals surface area contributed by atoms with Crippen LogP contribution in [0, 0.1) is 0 Å². The highest BCUT2D eigenvalue weighted by atomic mass is 16.2. The summed E-state index contributed by atoms with van der Waals surface area (Å²) in [5.41, 5.74) is 16.0. The van der Waals surface area contributed by atoms with E-state index in [1.807, 2.05) is 0 Å². The molecule has 2 atom stereocenters. The molecule has 0 aliphatic heterocycles. The average Bonchev–Trinajstić information content (AvgIpc) is 2.48. The molecule has 6 nitrogen and oxygen atoms in total. The van der Waals surface area contributed by atoms with Gasteiger partial charge in [-0.1, -0.05) is 0 Å². The van der Waals surface area contributed by atoms with E-state index in [0.717, 1.165) is 19.3 Å². The van der Waals surface area contributed by atoms with E-state index in [1.54, 1.807) is 4.90 Å². The molecule has 0 aromatic heterocycles. The van der Waals surface area contributed by atoms with Gasteiger partial charge in [0.25, 0.3) is 0 Å². The van der Waals surface area contributed by atoms with E-state index in [0.29, 0.717) is 0 Å². The molecule has 6 N–H and O–H groups in total. The van der Waals surface area contributed by atoms with Crippen LogP contribution in [0.3, 0.4) is 0 Å². The van der Waals surface area contributed by atoms with Gasteiger partial charge in [-0.3, -0.25) is 14.5 Å². The van der Waals surface area contributed by atoms with Crippen LogP contribution in [0.25, 0.3) is 0 Å². The molecule has 6 heteroatoms. The van der Waals surface area contributed by atoms with Crippen LogP contribution in [-0.4, -0.2) is 41.9 Å². The maximum atomic E-state index is 10.8. The first-order chi connectivity index (χ1) is 6.99. The van der Waals surface area contributed by atoms with Gasteiger partial charge < -0.3 is 17.2 Å². The highest BCUT2D eigenvalue weighted by Crippen LogP contribution is 2.22. The van der Waals surface area contributed by atoms with Gasteiger partial charge in [0.1, 0.15) is 0 Å². The molecule has 0 spiro atoms. The topological polar surface area (TPSA) is 115 Å². The van der Waals surface area contributed by atoms with Gasteiger partial charge in [-0.05, 0) is 19.3 Å². The van der Waals surface area contributed by atoms with E-state index in [-0.39, 0.29) is 25.2 Å². The van der Waals surface area contributed by atoms with E-state index >= 15 is 0 Å². The first-order valence-corrected chi connectivity index (χ1v) is 5.05. The SMILES string of the molecule is NC(=O)CN(CC(N)=O)C1CCC(N)C1. The van der Waals surface area contributed by atoms with Crippen molar-refractivity contribution >= 4 is 11.8 Å². The number of primary amides is 2. The molecule has 1 aliphatic carbocycles. The van der Waals surface area contributed by atoms with Crippen LogP contribution in [0.1, 0.15) is 19.3 Å². The Kier molecular flexibility index (Phi) is 4.05. The zero-order valence-corrected chi connectivity index (χ0v) is 8.69. The second kappa shape index (κ2) is 5.09. The Balaban J connectivity index is 2.54. The highest BCUT2D eigenvalue weighted by Gasteiger charge is 2.28. The summed E-state index contributed by atoms with van der Waals surface area (Å²) in [5.74, 6) is -0.895. The number of amides is 2. The lowest BCUT2D eigenvalue weighted by Crippen LogP contribution is -2.45. The van der Waals surface area contributed by atoms with Crippen LogP contribution in [0.15, 0.2) is 0 Å². The molecule has 0 bridgehead atoms. The molecule has 1 saturated carbocycles. The van der Waals surface area contributed by atoms with Gasteiger partial charge in [0, 0.05) is 12.1 Å². The van der Waals surface area contributed by atoms with Crippen LogP contribution in [-0.2, 0) is 9.59 Å². The van der Waals surface area contributed by atoms with Gasteiger partial charge in [-0.15, -0.1) is 0 Å². The number of rotatable bonds is 5. The number of nitrogens with zero attached hydrogens (tertiary/aromatic N) is 1. The van der Waals surface area contributed by atoms with E-state index in [2.05, 4.69) is 0 Å². The average molecular weight is 214 g/mol. The highest BCUT2D eigenvalue weighted by molar-refractivity contribution is 5.79. The van der Waals surface area contributed by atoms with E-state index in [1.165, 1.54) is 0 Å². The zero-order valence-electron chi connectivity index (χ0n) is 8.69. The summed E-state index contributed by atoms with van der Waals surface area (Å²) < 4.78 is 0. The molecule has 1 fully saturated rings. The van der Waals surface area contributed by atoms with Gasteiger partial charge in [-0.25, -0.2) is 0 Å². The predicted molar refractivity (Wildman–Crippen MR) is 55.6 cm³/mol. The lowest BCUT2D eigenvalue weighted by molar-refractivity contribution is -0.122. The molecule has 1 rings (SSSR count). The van der Waals surface area contributed by atoms with Gasteiger partial charge in [0.15, 0.2) is 0 Å². The van der Waals surface area contributed by atoms with Crippen molar-refractivity contribution in [3.05, 3.63) is 0 Å². The van der Waals surface area contributed by atoms with Crippen LogP contribution in [0.2, 0.25) is 0 Å². The third kappa shape index (κ3) is 3.85. The fourth-order valence-electron chi connectivity index (χ4n) is 2.04. The van der Waals surface area contributed by atoms with Gasteiger partial charge in [0.2, 0.25) is 11.8 Å². The maximum absolute atomic E-state index is 10.8. The third-order valence-electron chi connectivity index (χ3n) is 2.68. The van der Waals surface area contributed by atoms with Crippen LogP contribution < -0.4 is 17.2 Å². The van der Waals surface area contributed by atoms with Crippen molar-refractivity contribution < 1.29 is 9.59 Å². The number of hydrogen-bond donors (Lipinski definition) is 3. The first kappa shape index (κ1) is 11.9. The minimum absolute atomic E-state index is 0.0698. The third-order valence-corrected chi connectivity index (χ3v) is 2.68. The molecule has 0 heterocycles. The van der Waals surface area contributed by atoms with E-state index < -0.39 is 11.8 Å². The largest absolute Gasteiger partial charge is 0.369 e. The Morgan fingerprint density at radius 3 is 2.00 bits per heavy atom. The smallest absolute Gasteiger partial charge is 0.231 e. The van der Waals surface area contributed by atoms with Crippen molar-refractivity contribution in [1.29, 1.82) is 0 Å². The van der Waals surface area contributed by atoms with Crippen LogP contribution >= 0.6 is 0 Å². The molecule has 2 amide bonds. The fraction of sp³-hybridized carbons (Fsp3) is 0.778. The normalized spacial score (nSPS) is 25.7. The fourth-order valence-corrected chi connectivity index (χ4v) is 2.04. The molecular formula is C9H18N4O2. The summed E-state index contributed by atoms with van der Waals surface area (Å²) in [5, 5.41) is 0. The van der Waals surface area contributed by atoms with E-state index in [9.17, 15) is 9.59 Å². The molecule has 86 valence electrons. The maximum Gasteiger partial charge on any atom is 0.231 e. The standard InChI is InChI=1S/C9H18N4O2/c10-6-1-2-7(3-6)13(4-8(11)14)5-9(12)15/h6-7H,1-5,10H2,(H2,11,14)(H2,12,15). The van der Waals surface area contributed by atoms with Gasteiger partial charge >= 0.3 is 0 Å². The lowest BCUT2D eigenvalue weighted by Gasteiger charge is -2.26. The lowest BCUT2D eigenvalue weighted by atomic mass is 10.2. The Bertz CT molecular complexity index is 240. The van der Waals surface area contributed by atoms with Crippen molar-refractivity contribution in [3.63, 3.8) is 0 Å². The second-order valence-corrected chi connectivity index (χ2v) is 4.06. The quantitative estimate of drug-likeness (QED) is 0.497. The monoisotopic (exact) mass is 214 g/mol. The number of carbonyl (C=O) groups is 2. The van der Waals surface area contributed by atoms with Crippen molar-refractivity contribution in [3.8, 4) is 0 Å². The summed E-state index contributed by atoms with van der Waals surface area (Å²) in [4.78, 5) is 23.4. The second-order valence-electron chi connectivity index (χ2n) is 4.06. The molecule has 0 aromatic rings. The molecule has 1 aliphatic rings. The summed E-state index contributed by atoms with van der Waals surface area (Å²) >= 11 is 0. The first-order valence-electron chi connectivity index (χ1n) is 5.05. The summed E-state index contributed by atoms with van der Waals surface area (Å²) in [6.45, 7) is 0.140. The van der Waals surface area contributed by atoms with Crippen LogP contribution in [0.5, 0.6) is 0 Å². The zero-order chi connectivity index (χ0) is 11.4. The molecule has 0 saturated heterocycles. The minimum atomic E-state index is -0.447. The summed E-state index contributed by atoms with van der Waals surface area (Å²) in [7, 11) is 0. The Hall–Kier alpha value is -1.14. The molecule has 0 aromatic carbocycles. The summed E-state index contributed by atoms with van der Waals surface area (Å²) in [6, 6.07) is 0.304. The van der Waals surface area contributed by atoms with E-state index in [4.69, 9.17) is 17.2 Å². The molecule has 15 heavy (non-hydrogen) atoms. The molecule has 0 radical (unpaired) electrons. The molecule has 2 unspecified atom stereocenters. The number of carbonyl (C=O) groups excluding carboxylic acids is 2. The minimum Gasteiger partial charge on any atom is -0.369 e. The summed E-state index contributed by atoms with van der Waals surface area (Å²) in [6.07, 6.45) is 2.60. The Labute approximate surface area is 88.8 Å². The van der Waals surface area contributed by atoms with Crippen molar-refractivity contribution in [1.82, 2.24) is 4.90 Å². The van der Waals surface area contributed by atoms with Crippen molar-refractivity contribution in [2.45, 2.75) is 31.3 Å².